The number of carbonyl (C=O) groups excluding carboxylic acids is 1. The molecule has 0 aromatic heterocycles. The molecule has 2 aromatic carbocycles. The number of piperazine rings is 1. The van der Waals surface area contributed by atoms with Gasteiger partial charge in [-0.3, -0.25) is 0 Å². The van der Waals surface area contributed by atoms with Crippen molar-refractivity contribution in [3.8, 4) is 0 Å². The van der Waals surface area contributed by atoms with E-state index in [1.165, 1.54) is 11.4 Å². The number of amides is 2. The maximum atomic E-state index is 12.4. The lowest BCUT2D eigenvalue weighted by Crippen LogP contribution is -2.50. The molecule has 1 N–H and O–H groups in total. The first-order valence-corrected chi connectivity index (χ1v) is 8.74. The lowest BCUT2D eigenvalue weighted by atomic mass is 10.2. The molecule has 0 spiro atoms. The molecule has 2 amide bonds. The quantitative estimate of drug-likeness (QED) is 0.908. The minimum atomic E-state index is -0.0649. The summed E-state index contributed by atoms with van der Waals surface area (Å²) in [4.78, 5) is 18.6. The van der Waals surface area contributed by atoms with Gasteiger partial charge in [-0.1, -0.05) is 11.6 Å². The lowest BCUT2D eigenvalue weighted by Gasteiger charge is -2.36. The molecule has 1 aliphatic heterocycles. The van der Waals surface area contributed by atoms with E-state index in [1.54, 1.807) is 12.1 Å². The first-order valence-electron chi connectivity index (χ1n) is 8.37. The molecule has 3 rings (SSSR count). The van der Waals surface area contributed by atoms with Crippen LogP contribution in [0.3, 0.4) is 0 Å². The summed E-state index contributed by atoms with van der Waals surface area (Å²) in [7, 11) is 4.07. The predicted octanol–water partition coefficient (Wildman–Crippen LogP) is 3.76. The van der Waals surface area contributed by atoms with Gasteiger partial charge in [0.05, 0.1) is 0 Å². The molecule has 0 bridgehead atoms. The summed E-state index contributed by atoms with van der Waals surface area (Å²) in [5.74, 6) is 0. The molecule has 25 heavy (non-hydrogen) atoms. The summed E-state index contributed by atoms with van der Waals surface area (Å²) in [6.45, 7) is 3.06. The van der Waals surface area contributed by atoms with Gasteiger partial charge >= 0.3 is 6.03 Å². The second-order valence-electron chi connectivity index (χ2n) is 6.32. The molecule has 0 atom stereocenters. The van der Waals surface area contributed by atoms with Gasteiger partial charge in [-0.2, -0.15) is 0 Å². The van der Waals surface area contributed by atoms with Crippen LogP contribution in [0.4, 0.5) is 21.9 Å². The maximum Gasteiger partial charge on any atom is 0.321 e. The highest BCUT2D eigenvalue weighted by Crippen LogP contribution is 2.21. The van der Waals surface area contributed by atoms with E-state index in [0.29, 0.717) is 18.1 Å². The molecule has 1 aliphatic rings. The molecular weight excluding hydrogens is 336 g/mol. The Morgan fingerprint density at radius 2 is 1.56 bits per heavy atom. The van der Waals surface area contributed by atoms with Crippen LogP contribution in [0.5, 0.6) is 0 Å². The first-order chi connectivity index (χ1) is 12.0. The number of urea groups is 1. The Balaban J connectivity index is 1.54. The molecule has 2 aromatic rings. The van der Waals surface area contributed by atoms with E-state index in [-0.39, 0.29) is 6.03 Å². The summed E-state index contributed by atoms with van der Waals surface area (Å²) in [6.07, 6.45) is 0. The second-order valence-corrected chi connectivity index (χ2v) is 6.76. The number of benzene rings is 2. The predicted molar refractivity (Wildman–Crippen MR) is 105 cm³/mol. The van der Waals surface area contributed by atoms with Crippen LogP contribution >= 0.6 is 11.6 Å². The van der Waals surface area contributed by atoms with Crippen molar-refractivity contribution in [2.75, 3.05) is 55.4 Å². The van der Waals surface area contributed by atoms with E-state index >= 15 is 0 Å². The molecule has 1 heterocycles. The van der Waals surface area contributed by atoms with E-state index in [0.717, 1.165) is 18.8 Å². The topological polar surface area (TPSA) is 38.8 Å². The van der Waals surface area contributed by atoms with Gasteiger partial charge < -0.3 is 20.0 Å². The average molecular weight is 359 g/mol. The van der Waals surface area contributed by atoms with E-state index < -0.39 is 0 Å². The Labute approximate surface area is 153 Å². The monoisotopic (exact) mass is 358 g/mol. The number of hydrogen-bond donors (Lipinski definition) is 1. The molecular formula is C19H23ClN4O. The van der Waals surface area contributed by atoms with Crippen LogP contribution in [0, 0.1) is 0 Å². The van der Waals surface area contributed by atoms with Crippen LogP contribution in [0.25, 0.3) is 0 Å². The molecule has 132 valence electrons. The van der Waals surface area contributed by atoms with Gasteiger partial charge in [-0.15, -0.1) is 0 Å². The SMILES string of the molecule is CN(C)c1ccc(N2CCN(C(=O)Nc3ccc(Cl)cc3)CC2)cc1. The minimum absolute atomic E-state index is 0.0649. The third-order valence-corrected chi connectivity index (χ3v) is 4.65. The standard InChI is InChI=1S/C19H23ClN4O/c1-22(2)17-7-9-18(10-8-17)23-11-13-24(14-12-23)19(25)21-16-5-3-15(20)4-6-16/h3-10H,11-14H2,1-2H3,(H,21,25). The highest BCUT2D eigenvalue weighted by atomic mass is 35.5. The molecule has 0 saturated carbocycles. The average Bonchev–Trinajstić information content (AvgIpc) is 2.64. The molecule has 1 fully saturated rings. The third-order valence-electron chi connectivity index (χ3n) is 4.39. The lowest BCUT2D eigenvalue weighted by molar-refractivity contribution is 0.208. The number of rotatable bonds is 3. The van der Waals surface area contributed by atoms with Gasteiger partial charge in [0.2, 0.25) is 0 Å². The van der Waals surface area contributed by atoms with E-state index in [9.17, 15) is 4.79 Å². The Hall–Kier alpha value is -2.40. The number of nitrogens with zero attached hydrogens (tertiary/aromatic N) is 3. The Kier molecular flexibility index (Phi) is 5.34. The maximum absolute atomic E-state index is 12.4. The van der Waals surface area contributed by atoms with Crippen molar-refractivity contribution >= 4 is 34.7 Å². The zero-order valence-corrected chi connectivity index (χ0v) is 15.3. The largest absolute Gasteiger partial charge is 0.378 e. The summed E-state index contributed by atoms with van der Waals surface area (Å²) in [5.41, 5.74) is 3.14. The number of hydrogen-bond acceptors (Lipinski definition) is 3. The Bertz CT molecular complexity index is 707. The zero-order chi connectivity index (χ0) is 17.8. The van der Waals surface area contributed by atoms with Gasteiger partial charge in [0.15, 0.2) is 0 Å². The van der Waals surface area contributed by atoms with Crippen LogP contribution in [0.15, 0.2) is 48.5 Å². The van der Waals surface area contributed by atoms with E-state index in [2.05, 4.69) is 39.4 Å². The fourth-order valence-corrected chi connectivity index (χ4v) is 2.99. The van der Waals surface area contributed by atoms with E-state index in [1.807, 2.05) is 31.1 Å². The van der Waals surface area contributed by atoms with Gasteiger partial charge in [0.1, 0.15) is 0 Å². The second kappa shape index (κ2) is 7.66. The van der Waals surface area contributed by atoms with Crippen molar-refractivity contribution in [2.45, 2.75) is 0 Å². The smallest absolute Gasteiger partial charge is 0.321 e. The molecule has 6 heteroatoms. The minimum Gasteiger partial charge on any atom is -0.378 e. The molecule has 0 radical (unpaired) electrons. The van der Waals surface area contributed by atoms with Crippen molar-refractivity contribution in [1.82, 2.24) is 4.90 Å². The molecule has 1 saturated heterocycles. The Morgan fingerprint density at radius 3 is 2.12 bits per heavy atom. The molecule has 0 aliphatic carbocycles. The van der Waals surface area contributed by atoms with Crippen molar-refractivity contribution in [3.63, 3.8) is 0 Å². The van der Waals surface area contributed by atoms with Gasteiger partial charge in [0.25, 0.3) is 0 Å². The van der Waals surface area contributed by atoms with Gasteiger partial charge in [-0.25, -0.2) is 4.79 Å². The first kappa shape index (κ1) is 17.4. The number of anilines is 3. The van der Waals surface area contributed by atoms with Crippen molar-refractivity contribution < 1.29 is 4.79 Å². The molecule has 0 unspecified atom stereocenters. The number of carbonyl (C=O) groups is 1. The van der Waals surface area contributed by atoms with Crippen molar-refractivity contribution in [3.05, 3.63) is 53.6 Å². The van der Waals surface area contributed by atoms with Crippen LogP contribution < -0.4 is 15.1 Å². The summed E-state index contributed by atoms with van der Waals surface area (Å²) in [5, 5.41) is 3.58. The zero-order valence-electron chi connectivity index (χ0n) is 14.6. The van der Waals surface area contributed by atoms with Gasteiger partial charge in [-0.05, 0) is 48.5 Å². The number of nitrogens with one attached hydrogen (secondary N) is 1. The van der Waals surface area contributed by atoms with Crippen LogP contribution in [0.2, 0.25) is 5.02 Å². The Morgan fingerprint density at radius 1 is 0.960 bits per heavy atom. The fourth-order valence-electron chi connectivity index (χ4n) is 2.87. The van der Waals surface area contributed by atoms with Crippen molar-refractivity contribution in [2.24, 2.45) is 0 Å². The highest BCUT2D eigenvalue weighted by molar-refractivity contribution is 6.30. The van der Waals surface area contributed by atoms with Crippen molar-refractivity contribution in [1.29, 1.82) is 0 Å². The summed E-state index contributed by atoms with van der Waals surface area (Å²) in [6, 6.07) is 15.6. The van der Waals surface area contributed by atoms with Gasteiger partial charge in [0, 0.05) is 62.4 Å². The number of halogens is 1. The van der Waals surface area contributed by atoms with E-state index in [4.69, 9.17) is 11.6 Å². The summed E-state index contributed by atoms with van der Waals surface area (Å²) < 4.78 is 0. The van der Waals surface area contributed by atoms with Crippen LogP contribution in [-0.2, 0) is 0 Å². The van der Waals surface area contributed by atoms with Crippen LogP contribution in [-0.4, -0.2) is 51.2 Å². The summed E-state index contributed by atoms with van der Waals surface area (Å²) >= 11 is 5.87. The van der Waals surface area contributed by atoms with Crippen LogP contribution in [0.1, 0.15) is 0 Å². The third kappa shape index (κ3) is 4.37. The normalized spacial score (nSPS) is 14.4. The molecule has 5 nitrogen and oxygen atoms in total. The fraction of sp³-hybridized carbons (Fsp3) is 0.316. The highest BCUT2D eigenvalue weighted by Gasteiger charge is 2.21.